The van der Waals surface area contributed by atoms with Crippen LogP contribution in [0.15, 0.2) is 47.4 Å². The van der Waals surface area contributed by atoms with Gasteiger partial charge in [0.1, 0.15) is 17.3 Å². The number of thioether (sulfide) groups is 1. The van der Waals surface area contributed by atoms with Gasteiger partial charge in [-0.3, -0.25) is 4.79 Å². The molecular weight excluding hydrogens is 367 g/mol. The molecule has 0 fully saturated rings. The Morgan fingerprint density at radius 2 is 2.00 bits per heavy atom. The number of nitrogens with two attached hydrogens (primary N) is 1. The summed E-state index contributed by atoms with van der Waals surface area (Å²) in [6, 6.07) is 11.4. The summed E-state index contributed by atoms with van der Waals surface area (Å²) < 4.78 is 19.6. The number of rotatable bonds is 9. The van der Waals surface area contributed by atoms with Gasteiger partial charge in [-0.15, -0.1) is 11.8 Å². The van der Waals surface area contributed by atoms with E-state index in [1.165, 1.54) is 17.0 Å². The molecule has 5 nitrogen and oxygen atoms in total. The number of amides is 1. The molecule has 0 radical (unpaired) electrons. The quantitative estimate of drug-likeness (QED) is 0.640. The highest BCUT2D eigenvalue weighted by Crippen LogP contribution is 2.28. The number of nitrogens with zero attached hydrogens (tertiary/aromatic N) is 1. The van der Waals surface area contributed by atoms with Crippen molar-refractivity contribution in [3.8, 4) is 11.5 Å². The largest absolute Gasteiger partial charge is 0.457 e. The number of aliphatic hydroxyl groups excluding tert-OH is 1. The highest BCUT2D eigenvalue weighted by molar-refractivity contribution is 7.98. The molecule has 0 heterocycles. The van der Waals surface area contributed by atoms with Crippen LogP contribution in [0.4, 0.5) is 4.39 Å². The van der Waals surface area contributed by atoms with E-state index in [1.54, 1.807) is 24.9 Å². The SMILES string of the molecule is CSc1ccc(Oc2ccc(F)cc2CN(C)C(=O)CC[C@H](N)CO)cc1. The molecule has 2 rings (SSSR count). The third kappa shape index (κ3) is 6.53. The number of aliphatic hydroxyl groups is 1. The number of benzene rings is 2. The lowest BCUT2D eigenvalue weighted by Crippen LogP contribution is -2.30. The average molecular weight is 392 g/mol. The van der Waals surface area contributed by atoms with Crippen molar-refractivity contribution < 1.29 is 19.0 Å². The van der Waals surface area contributed by atoms with Gasteiger partial charge < -0.3 is 20.5 Å². The number of halogens is 1. The Balaban J connectivity index is 2.09. The van der Waals surface area contributed by atoms with Crippen molar-refractivity contribution >= 4 is 17.7 Å². The Hall–Kier alpha value is -2.09. The molecule has 0 aromatic heterocycles. The van der Waals surface area contributed by atoms with Crippen molar-refractivity contribution in [2.75, 3.05) is 19.9 Å². The first-order valence-corrected chi connectivity index (χ1v) is 9.86. The van der Waals surface area contributed by atoms with Crippen LogP contribution in [0.1, 0.15) is 18.4 Å². The molecule has 0 bridgehead atoms. The van der Waals surface area contributed by atoms with Crippen molar-refractivity contribution in [3.63, 3.8) is 0 Å². The fourth-order valence-corrected chi connectivity index (χ4v) is 2.88. The van der Waals surface area contributed by atoms with Crippen LogP contribution in [0.3, 0.4) is 0 Å². The van der Waals surface area contributed by atoms with E-state index in [1.807, 2.05) is 30.5 Å². The molecular formula is C20H25FN2O3S. The second-order valence-corrected chi connectivity index (χ2v) is 7.14. The van der Waals surface area contributed by atoms with Crippen molar-refractivity contribution in [3.05, 3.63) is 53.8 Å². The van der Waals surface area contributed by atoms with E-state index in [-0.39, 0.29) is 25.5 Å². The molecule has 0 aliphatic heterocycles. The maximum atomic E-state index is 13.7. The lowest BCUT2D eigenvalue weighted by atomic mass is 10.1. The van der Waals surface area contributed by atoms with Crippen molar-refractivity contribution in [2.45, 2.75) is 30.3 Å². The first-order chi connectivity index (χ1) is 12.9. The maximum absolute atomic E-state index is 13.7. The van der Waals surface area contributed by atoms with E-state index in [2.05, 4.69) is 0 Å². The van der Waals surface area contributed by atoms with E-state index in [9.17, 15) is 9.18 Å². The minimum atomic E-state index is -0.417. The molecule has 0 aliphatic carbocycles. The second-order valence-electron chi connectivity index (χ2n) is 6.26. The average Bonchev–Trinajstić information content (AvgIpc) is 2.68. The fourth-order valence-electron chi connectivity index (χ4n) is 2.48. The van der Waals surface area contributed by atoms with Crippen molar-refractivity contribution in [1.82, 2.24) is 4.90 Å². The Morgan fingerprint density at radius 1 is 1.30 bits per heavy atom. The molecule has 27 heavy (non-hydrogen) atoms. The number of carbonyl (C=O) groups excluding carboxylic acids is 1. The van der Waals surface area contributed by atoms with Gasteiger partial charge in [0.15, 0.2) is 0 Å². The molecule has 0 unspecified atom stereocenters. The van der Waals surface area contributed by atoms with Gasteiger partial charge in [0.05, 0.1) is 6.61 Å². The Morgan fingerprint density at radius 3 is 2.63 bits per heavy atom. The minimum absolute atomic E-state index is 0.126. The van der Waals surface area contributed by atoms with Gasteiger partial charge >= 0.3 is 0 Å². The predicted molar refractivity (Wildman–Crippen MR) is 105 cm³/mol. The summed E-state index contributed by atoms with van der Waals surface area (Å²) in [4.78, 5) is 14.9. The van der Waals surface area contributed by atoms with E-state index < -0.39 is 11.9 Å². The third-order valence-corrected chi connectivity index (χ3v) is 4.85. The van der Waals surface area contributed by atoms with Gasteiger partial charge in [-0.2, -0.15) is 0 Å². The molecule has 7 heteroatoms. The molecule has 2 aromatic carbocycles. The first kappa shape index (κ1) is 21.2. The van der Waals surface area contributed by atoms with Crippen molar-refractivity contribution in [1.29, 1.82) is 0 Å². The Kier molecular flexibility index (Phi) is 8.09. The monoisotopic (exact) mass is 392 g/mol. The summed E-state index contributed by atoms with van der Waals surface area (Å²) in [5, 5.41) is 8.95. The van der Waals surface area contributed by atoms with Gasteiger partial charge in [0.2, 0.25) is 5.91 Å². The molecule has 0 saturated heterocycles. The van der Waals surface area contributed by atoms with Crippen LogP contribution >= 0.6 is 11.8 Å². The Bertz CT molecular complexity index is 755. The summed E-state index contributed by atoms with van der Waals surface area (Å²) in [5.41, 5.74) is 6.21. The zero-order valence-electron chi connectivity index (χ0n) is 15.5. The summed E-state index contributed by atoms with van der Waals surface area (Å²) >= 11 is 1.63. The van der Waals surface area contributed by atoms with E-state index in [0.717, 1.165) is 4.90 Å². The molecule has 1 amide bonds. The van der Waals surface area contributed by atoms with Crippen LogP contribution in [0.25, 0.3) is 0 Å². The normalized spacial score (nSPS) is 11.9. The van der Waals surface area contributed by atoms with E-state index in [4.69, 9.17) is 15.6 Å². The number of hydrogen-bond donors (Lipinski definition) is 2. The Labute approximate surface area is 163 Å². The standard InChI is InChI=1S/C20H25FN2O3S/c1-23(20(25)10-4-16(22)13-24)12-14-11-15(21)3-9-19(14)26-17-5-7-18(27-2)8-6-17/h3,5-9,11,16,24H,4,10,12-13,22H2,1-2H3/t16-/m0/s1. The van der Waals surface area contributed by atoms with Crippen LogP contribution in [0.2, 0.25) is 0 Å². The van der Waals surface area contributed by atoms with Gasteiger partial charge in [-0.1, -0.05) is 0 Å². The van der Waals surface area contributed by atoms with Gasteiger partial charge in [0.25, 0.3) is 0 Å². The van der Waals surface area contributed by atoms with Crippen LogP contribution in [-0.2, 0) is 11.3 Å². The lowest BCUT2D eigenvalue weighted by Gasteiger charge is -2.20. The van der Waals surface area contributed by atoms with Gasteiger partial charge in [-0.05, 0) is 55.1 Å². The summed E-state index contributed by atoms with van der Waals surface area (Å²) in [6.07, 6.45) is 2.61. The van der Waals surface area contributed by atoms with Gasteiger partial charge in [-0.25, -0.2) is 4.39 Å². The second kappa shape index (κ2) is 10.3. The minimum Gasteiger partial charge on any atom is -0.457 e. The molecule has 0 aliphatic rings. The molecule has 0 spiro atoms. The lowest BCUT2D eigenvalue weighted by molar-refractivity contribution is -0.130. The summed E-state index contributed by atoms with van der Waals surface area (Å²) in [6.45, 7) is 0.0530. The topological polar surface area (TPSA) is 75.8 Å². The van der Waals surface area contributed by atoms with Crippen LogP contribution in [0.5, 0.6) is 11.5 Å². The zero-order chi connectivity index (χ0) is 19.8. The fraction of sp³-hybridized carbons (Fsp3) is 0.350. The molecule has 0 saturated carbocycles. The summed E-state index contributed by atoms with van der Waals surface area (Å²) in [7, 11) is 1.65. The molecule has 146 valence electrons. The van der Waals surface area contributed by atoms with E-state index in [0.29, 0.717) is 23.5 Å². The smallest absolute Gasteiger partial charge is 0.222 e. The predicted octanol–water partition coefficient (Wildman–Crippen LogP) is 3.40. The van der Waals surface area contributed by atoms with Crippen LogP contribution in [-0.4, -0.2) is 41.9 Å². The highest BCUT2D eigenvalue weighted by atomic mass is 32.2. The van der Waals surface area contributed by atoms with Crippen LogP contribution < -0.4 is 10.5 Å². The molecule has 3 N–H and O–H groups in total. The zero-order valence-corrected chi connectivity index (χ0v) is 16.3. The first-order valence-electron chi connectivity index (χ1n) is 8.63. The summed E-state index contributed by atoms with van der Waals surface area (Å²) in [5.74, 6) is 0.625. The number of carbonyl (C=O) groups is 1. The van der Waals surface area contributed by atoms with Gasteiger partial charge in [0, 0.05) is 36.5 Å². The highest BCUT2D eigenvalue weighted by Gasteiger charge is 2.15. The maximum Gasteiger partial charge on any atom is 0.222 e. The van der Waals surface area contributed by atoms with Crippen LogP contribution in [0, 0.1) is 5.82 Å². The molecule has 2 aromatic rings. The number of ether oxygens (including phenoxy) is 1. The van der Waals surface area contributed by atoms with E-state index >= 15 is 0 Å². The molecule has 1 atom stereocenters. The number of hydrogen-bond acceptors (Lipinski definition) is 5. The van der Waals surface area contributed by atoms with Crippen molar-refractivity contribution in [2.24, 2.45) is 5.73 Å². The third-order valence-electron chi connectivity index (χ3n) is 4.11.